The first-order valence-electron chi connectivity index (χ1n) is 8.06. The molecule has 0 radical (unpaired) electrons. The second-order valence-corrected chi connectivity index (χ2v) is 5.97. The van der Waals surface area contributed by atoms with Crippen molar-refractivity contribution in [1.29, 1.82) is 0 Å². The van der Waals surface area contributed by atoms with Gasteiger partial charge in [0.15, 0.2) is 11.6 Å². The minimum atomic E-state index is -0.561. The normalized spacial score (nSPS) is 19.0. The van der Waals surface area contributed by atoms with Crippen molar-refractivity contribution in [2.24, 2.45) is 5.92 Å². The highest BCUT2D eigenvalue weighted by molar-refractivity contribution is 5.35. The third-order valence-electron chi connectivity index (χ3n) is 4.43. The molecule has 2 rings (SSSR count). The summed E-state index contributed by atoms with van der Waals surface area (Å²) in [5.41, 5.74) is 0.155. The van der Waals surface area contributed by atoms with Gasteiger partial charge in [-0.1, -0.05) is 20.3 Å². The Hall–Kier alpha value is -1.20. The fourth-order valence-electron chi connectivity index (χ4n) is 3.38. The second kappa shape index (κ2) is 7.88. The van der Waals surface area contributed by atoms with Crippen LogP contribution in [0.3, 0.4) is 0 Å². The van der Waals surface area contributed by atoms with Gasteiger partial charge in [-0.15, -0.1) is 0 Å². The number of halogens is 2. The Morgan fingerprint density at radius 1 is 1.27 bits per heavy atom. The maximum Gasteiger partial charge on any atom is 0.172 e. The minimum absolute atomic E-state index is 0.111. The first kappa shape index (κ1) is 17.2. The lowest BCUT2D eigenvalue weighted by Gasteiger charge is -2.39. The Bertz CT molecular complexity index is 490. The van der Waals surface area contributed by atoms with Crippen molar-refractivity contribution in [3.8, 4) is 5.75 Å². The van der Waals surface area contributed by atoms with E-state index in [-0.39, 0.29) is 23.3 Å². The summed E-state index contributed by atoms with van der Waals surface area (Å²) in [5.74, 6) is -0.752. The van der Waals surface area contributed by atoms with E-state index in [0.717, 1.165) is 39.0 Å². The second-order valence-electron chi connectivity index (χ2n) is 5.97. The molecular formula is C17H26F2N2O. The minimum Gasteiger partial charge on any atom is -0.494 e. The van der Waals surface area contributed by atoms with Crippen molar-refractivity contribution < 1.29 is 13.5 Å². The first-order chi connectivity index (χ1) is 10.6. The van der Waals surface area contributed by atoms with Crippen LogP contribution < -0.4 is 10.1 Å². The van der Waals surface area contributed by atoms with E-state index in [1.54, 1.807) is 0 Å². The summed E-state index contributed by atoms with van der Waals surface area (Å²) in [6.07, 6.45) is 1.93. The largest absolute Gasteiger partial charge is 0.494 e. The number of nitrogens with zero attached hydrogens (tertiary/aromatic N) is 1. The SMILES string of the molecule is CCCC(C)[C@@H](c1c(F)ccc(OC)c1F)N1CCNCC1. The Labute approximate surface area is 131 Å². The van der Waals surface area contributed by atoms with Crippen LogP contribution >= 0.6 is 0 Å². The van der Waals surface area contributed by atoms with Crippen molar-refractivity contribution in [3.05, 3.63) is 29.3 Å². The zero-order valence-corrected chi connectivity index (χ0v) is 13.7. The lowest BCUT2D eigenvalue weighted by Crippen LogP contribution is -2.47. The smallest absolute Gasteiger partial charge is 0.172 e. The molecule has 0 aliphatic carbocycles. The predicted octanol–water partition coefficient (Wildman–Crippen LogP) is 3.36. The van der Waals surface area contributed by atoms with Crippen LogP contribution in [0.25, 0.3) is 0 Å². The van der Waals surface area contributed by atoms with Gasteiger partial charge in [0.2, 0.25) is 0 Å². The number of hydrogen-bond acceptors (Lipinski definition) is 3. The summed E-state index contributed by atoms with van der Waals surface area (Å²) in [6, 6.07) is 2.41. The molecule has 124 valence electrons. The molecule has 1 saturated heterocycles. The number of ether oxygens (including phenoxy) is 1. The van der Waals surface area contributed by atoms with E-state index < -0.39 is 11.6 Å². The Morgan fingerprint density at radius 2 is 1.95 bits per heavy atom. The van der Waals surface area contributed by atoms with Crippen LogP contribution in [0.1, 0.15) is 38.3 Å². The van der Waals surface area contributed by atoms with Crippen LogP contribution in [-0.2, 0) is 0 Å². The molecular weight excluding hydrogens is 286 g/mol. The monoisotopic (exact) mass is 312 g/mol. The summed E-state index contributed by atoms with van der Waals surface area (Å²) >= 11 is 0. The zero-order chi connectivity index (χ0) is 16.1. The van der Waals surface area contributed by atoms with Crippen molar-refractivity contribution in [3.63, 3.8) is 0 Å². The third kappa shape index (κ3) is 3.58. The topological polar surface area (TPSA) is 24.5 Å². The van der Waals surface area contributed by atoms with Crippen LogP contribution in [0, 0.1) is 17.6 Å². The maximum atomic E-state index is 14.7. The molecule has 3 nitrogen and oxygen atoms in total. The first-order valence-corrected chi connectivity index (χ1v) is 8.06. The van der Waals surface area contributed by atoms with E-state index in [4.69, 9.17) is 4.74 Å². The fourth-order valence-corrected chi connectivity index (χ4v) is 3.38. The molecule has 1 aromatic carbocycles. The summed E-state index contributed by atoms with van der Waals surface area (Å²) in [5, 5.41) is 3.29. The van der Waals surface area contributed by atoms with E-state index in [2.05, 4.69) is 24.1 Å². The molecule has 0 amide bonds. The molecule has 1 aliphatic heterocycles. The molecule has 0 spiro atoms. The summed E-state index contributed by atoms with van der Waals surface area (Å²) in [6.45, 7) is 7.48. The molecule has 0 saturated carbocycles. The Morgan fingerprint density at radius 3 is 2.55 bits per heavy atom. The molecule has 1 aliphatic rings. The van der Waals surface area contributed by atoms with Gasteiger partial charge in [-0.2, -0.15) is 0 Å². The standard InChI is InChI=1S/C17H26F2N2O/c1-4-5-12(2)17(21-10-8-20-9-11-21)15-13(18)6-7-14(22-3)16(15)19/h6-7,12,17,20H,4-5,8-11H2,1-3H3/t12?,17-/m0/s1. The predicted molar refractivity (Wildman–Crippen MR) is 84.2 cm³/mol. The van der Waals surface area contributed by atoms with Crippen LogP contribution in [0.5, 0.6) is 5.75 Å². The third-order valence-corrected chi connectivity index (χ3v) is 4.43. The molecule has 1 heterocycles. The molecule has 1 aromatic rings. The number of hydrogen-bond donors (Lipinski definition) is 1. The summed E-state index contributed by atoms with van der Waals surface area (Å²) in [4.78, 5) is 2.19. The Balaban J connectivity index is 2.43. The molecule has 1 unspecified atom stereocenters. The lowest BCUT2D eigenvalue weighted by atomic mass is 9.88. The highest BCUT2D eigenvalue weighted by Crippen LogP contribution is 2.37. The Kier molecular flexibility index (Phi) is 6.15. The van der Waals surface area contributed by atoms with Gasteiger partial charge < -0.3 is 10.1 Å². The van der Waals surface area contributed by atoms with Gasteiger partial charge in [-0.3, -0.25) is 4.90 Å². The average Bonchev–Trinajstić information content (AvgIpc) is 2.52. The highest BCUT2D eigenvalue weighted by atomic mass is 19.1. The van der Waals surface area contributed by atoms with Crippen molar-refractivity contribution in [2.45, 2.75) is 32.7 Å². The molecule has 1 N–H and O–H groups in total. The average molecular weight is 312 g/mol. The summed E-state index contributed by atoms with van der Waals surface area (Å²) in [7, 11) is 1.41. The van der Waals surface area contributed by atoms with Gasteiger partial charge in [-0.05, 0) is 24.5 Å². The van der Waals surface area contributed by atoms with Gasteiger partial charge in [0.25, 0.3) is 0 Å². The molecule has 0 aromatic heterocycles. The van der Waals surface area contributed by atoms with Crippen LogP contribution in [-0.4, -0.2) is 38.2 Å². The lowest BCUT2D eigenvalue weighted by molar-refractivity contribution is 0.119. The molecule has 5 heteroatoms. The van der Waals surface area contributed by atoms with Gasteiger partial charge in [0, 0.05) is 37.8 Å². The molecule has 22 heavy (non-hydrogen) atoms. The molecule has 2 atom stereocenters. The number of nitrogens with one attached hydrogen (secondary N) is 1. The number of rotatable bonds is 6. The van der Waals surface area contributed by atoms with Gasteiger partial charge in [-0.25, -0.2) is 8.78 Å². The number of piperazine rings is 1. The summed E-state index contributed by atoms with van der Waals surface area (Å²) < 4.78 is 34.2. The number of methoxy groups -OCH3 is 1. The van der Waals surface area contributed by atoms with E-state index in [1.807, 2.05) is 0 Å². The van der Waals surface area contributed by atoms with E-state index in [0.29, 0.717) is 0 Å². The van der Waals surface area contributed by atoms with Crippen molar-refractivity contribution in [1.82, 2.24) is 10.2 Å². The quantitative estimate of drug-likeness (QED) is 0.872. The van der Waals surface area contributed by atoms with Gasteiger partial charge in [0.05, 0.1) is 7.11 Å². The van der Waals surface area contributed by atoms with Crippen LogP contribution in [0.4, 0.5) is 8.78 Å². The van der Waals surface area contributed by atoms with Crippen molar-refractivity contribution in [2.75, 3.05) is 33.3 Å². The fraction of sp³-hybridized carbons (Fsp3) is 0.647. The number of benzene rings is 1. The molecule has 0 bridgehead atoms. The highest BCUT2D eigenvalue weighted by Gasteiger charge is 2.32. The van der Waals surface area contributed by atoms with Crippen LogP contribution in [0.15, 0.2) is 12.1 Å². The van der Waals surface area contributed by atoms with Gasteiger partial charge in [0.1, 0.15) is 5.82 Å². The molecule has 1 fully saturated rings. The van der Waals surface area contributed by atoms with Crippen molar-refractivity contribution >= 4 is 0 Å². The maximum absolute atomic E-state index is 14.7. The van der Waals surface area contributed by atoms with E-state index in [9.17, 15) is 8.78 Å². The van der Waals surface area contributed by atoms with E-state index >= 15 is 0 Å². The zero-order valence-electron chi connectivity index (χ0n) is 13.7. The van der Waals surface area contributed by atoms with Gasteiger partial charge >= 0.3 is 0 Å². The van der Waals surface area contributed by atoms with Crippen LogP contribution in [0.2, 0.25) is 0 Å². The van der Waals surface area contributed by atoms with E-state index in [1.165, 1.54) is 19.2 Å².